The van der Waals surface area contributed by atoms with Crippen molar-refractivity contribution in [3.63, 3.8) is 0 Å². The first kappa shape index (κ1) is 15.8. The van der Waals surface area contributed by atoms with E-state index in [4.69, 9.17) is 0 Å². The summed E-state index contributed by atoms with van der Waals surface area (Å²) in [5.41, 5.74) is 0. The summed E-state index contributed by atoms with van der Waals surface area (Å²) in [6.07, 6.45) is 5.08. The summed E-state index contributed by atoms with van der Waals surface area (Å²) in [5, 5.41) is 4.57. The fourth-order valence-electron chi connectivity index (χ4n) is 2.89. The number of urea groups is 1. The number of nitrogens with one attached hydrogen (secondary N) is 2. The van der Waals surface area contributed by atoms with E-state index in [1.165, 1.54) is 25.7 Å². The van der Waals surface area contributed by atoms with E-state index in [2.05, 4.69) is 22.6 Å². The number of hydrogen-bond acceptors (Lipinski definition) is 4. The number of imide groups is 1. The van der Waals surface area contributed by atoms with Crippen molar-refractivity contribution in [3.8, 4) is 0 Å². The van der Waals surface area contributed by atoms with E-state index >= 15 is 0 Å². The van der Waals surface area contributed by atoms with E-state index in [9.17, 15) is 14.4 Å². The van der Waals surface area contributed by atoms with Gasteiger partial charge in [0.25, 0.3) is 5.91 Å². The standard InChI is InChI=1S/C14H24N4O3/c1-17(10-5-3-4-6-10)7-8-18(2)12(19)9-11-13(20)16-14(21)15-11/h10-11H,3-9H2,1-2H3,(H2,15,16,20,21). The fourth-order valence-corrected chi connectivity index (χ4v) is 2.89. The van der Waals surface area contributed by atoms with Crippen LogP contribution in [0.5, 0.6) is 0 Å². The molecule has 0 aromatic rings. The van der Waals surface area contributed by atoms with Gasteiger partial charge >= 0.3 is 6.03 Å². The summed E-state index contributed by atoms with van der Waals surface area (Å²) in [6.45, 7) is 1.46. The summed E-state index contributed by atoms with van der Waals surface area (Å²) in [6, 6.07) is -0.630. The second-order valence-corrected chi connectivity index (χ2v) is 5.95. The molecule has 1 saturated heterocycles. The van der Waals surface area contributed by atoms with Crippen LogP contribution in [0.3, 0.4) is 0 Å². The smallest absolute Gasteiger partial charge is 0.322 e. The first-order valence-electron chi connectivity index (χ1n) is 7.53. The number of nitrogens with zero attached hydrogens (tertiary/aromatic N) is 2. The summed E-state index contributed by atoms with van der Waals surface area (Å²) >= 11 is 0. The van der Waals surface area contributed by atoms with E-state index in [1.54, 1.807) is 11.9 Å². The Morgan fingerprint density at radius 2 is 1.86 bits per heavy atom. The number of carbonyl (C=O) groups excluding carboxylic acids is 3. The van der Waals surface area contributed by atoms with Gasteiger partial charge in [-0.15, -0.1) is 0 Å². The average Bonchev–Trinajstić information content (AvgIpc) is 3.06. The Labute approximate surface area is 125 Å². The summed E-state index contributed by atoms with van der Waals surface area (Å²) in [5.74, 6) is -0.554. The summed E-state index contributed by atoms with van der Waals surface area (Å²) in [4.78, 5) is 38.4. The predicted molar refractivity (Wildman–Crippen MR) is 77.6 cm³/mol. The third kappa shape index (κ3) is 4.17. The van der Waals surface area contributed by atoms with Gasteiger partial charge in [-0.2, -0.15) is 0 Å². The van der Waals surface area contributed by atoms with Crippen molar-refractivity contribution in [2.75, 3.05) is 27.2 Å². The molecule has 0 radical (unpaired) electrons. The topological polar surface area (TPSA) is 81.8 Å². The minimum atomic E-state index is -0.736. The minimum absolute atomic E-state index is 0.0151. The second-order valence-electron chi connectivity index (χ2n) is 5.95. The molecule has 1 aliphatic carbocycles. The van der Waals surface area contributed by atoms with Crippen LogP contribution in [0.25, 0.3) is 0 Å². The number of hydrogen-bond donors (Lipinski definition) is 2. The Morgan fingerprint density at radius 1 is 1.19 bits per heavy atom. The van der Waals surface area contributed by atoms with Gasteiger partial charge in [-0.05, 0) is 19.9 Å². The van der Waals surface area contributed by atoms with Gasteiger partial charge in [-0.3, -0.25) is 14.9 Å². The molecular weight excluding hydrogens is 272 g/mol. The van der Waals surface area contributed by atoms with Crippen LogP contribution in [0.4, 0.5) is 4.79 Å². The van der Waals surface area contributed by atoms with Gasteiger partial charge in [0.15, 0.2) is 0 Å². The van der Waals surface area contributed by atoms with Crippen LogP contribution in [0.15, 0.2) is 0 Å². The molecule has 0 spiro atoms. The fraction of sp³-hybridized carbons (Fsp3) is 0.786. The van der Waals surface area contributed by atoms with Crippen molar-refractivity contribution in [2.24, 2.45) is 0 Å². The zero-order valence-electron chi connectivity index (χ0n) is 12.7. The van der Waals surface area contributed by atoms with Crippen molar-refractivity contribution in [3.05, 3.63) is 0 Å². The van der Waals surface area contributed by atoms with Crippen LogP contribution in [0, 0.1) is 0 Å². The number of rotatable bonds is 6. The Balaban J connectivity index is 1.72. The SMILES string of the molecule is CN(CCN(C)C1CCCC1)C(=O)CC1NC(=O)NC1=O. The molecule has 0 aromatic carbocycles. The second kappa shape index (κ2) is 6.89. The average molecular weight is 296 g/mol. The van der Waals surface area contributed by atoms with E-state index in [0.717, 1.165) is 6.54 Å². The molecule has 7 nitrogen and oxygen atoms in total. The largest absolute Gasteiger partial charge is 0.344 e. The number of amides is 4. The normalized spacial score (nSPS) is 22.5. The van der Waals surface area contributed by atoms with Crippen LogP contribution in [-0.2, 0) is 9.59 Å². The van der Waals surface area contributed by atoms with Gasteiger partial charge in [0, 0.05) is 26.2 Å². The maximum absolute atomic E-state index is 12.1. The molecule has 1 unspecified atom stereocenters. The summed E-state index contributed by atoms with van der Waals surface area (Å²) < 4.78 is 0. The van der Waals surface area contributed by atoms with Crippen LogP contribution in [0.2, 0.25) is 0 Å². The van der Waals surface area contributed by atoms with Crippen molar-refractivity contribution in [1.29, 1.82) is 0 Å². The third-order valence-electron chi connectivity index (χ3n) is 4.40. The monoisotopic (exact) mass is 296 g/mol. The Kier molecular flexibility index (Phi) is 5.17. The lowest BCUT2D eigenvalue weighted by molar-refractivity contribution is -0.133. The first-order chi connectivity index (χ1) is 9.97. The zero-order chi connectivity index (χ0) is 15.4. The highest BCUT2D eigenvalue weighted by Crippen LogP contribution is 2.22. The van der Waals surface area contributed by atoms with Crippen molar-refractivity contribution >= 4 is 17.8 Å². The zero-order valence-corrected chi connectivity index (χ0v) is 12.7. The van der Waals surface area contributed by atoms with E-state index in [0.29, 0.717) is 12.6 Å². The quantitative estimate of drug-likeness (QED) is 0.672. The molecule has 7 heteroatoms. The molecular formula is C14H24N4O3. The molecule has 1 atom stereocenters. The van der Waals surface area contributed by atoms with Gasteiger partial charge in [0.1, 0.15) is 6.04 Å². The van der Waals surface area contributed by atoms with Crippen molar-refractivity contribution in [2.45, 2.75) is 44.2 Å². The van der Waals surface area contributed by atoms with E-state index in [1.807, 2.05) is 0 Å². The van der Waals surface area contributed by atoms with Crippen LogP contribution < -0.4 is 10.6 Å². The molecule has 2 fully saturated rings. The first-order valence-corrected chi connectivity index (χ1v) is 7.53. The molecule has 2 aliphatic rings. The molecule has 2 N–H and O–H groups in total. The highest BCUT2D eigenvalue weighted by molar-refractivity contribution is 6.05. The van der Waals surface area contributed by atoms with Crippen LogP contribution >= 0.6 is 0 Å². The molecule has 1 heterocycles. The Bertz CT molecular complexity index is 420. The van der Waals surface area contributed by atoms with Gasteiger partial charge in [0.05, 0.1) is 6.42 Å². The molecule has 4 amide bonds. The number of likely N-dealkylation sites (N-methyl/N-ethyl adjacent to an activating group) is 2. The Hall–Kier alpha value is -1.63. The molecule has 118 valence electrons. The van der Waals surface area contributed by atoms with Gasteiger partial charge < -0.3 is 15.1 Å². The highest BCUT2D eigenvalue weighted by atomic mass is 16.2. The molecule has 1 saturated carbocycles. The summed E-state index contributed by atoms with van der Waals surface area (Å²) in [7, 11) is 3.83. The maximum atomic E-state index is 12.1. The lowest BCUT2D eigenvalue weighted by Crippen LogP contribution is -2.41. The van der Waals surface area contributed by atoms with Crippen molar-refractivity contribution < 1.29 is 14.4 Å². The predicted octanol–water partition coefficient (Wildman–Crippen LogP) is -0.0827. The lowest BCUT2D eigenvalue weighted by Gasteiger charge is -2.27. The highest BCUT2D eigenvalue weighted by Gasteiger charge is 2.32. The van der Waals surface area contributed by atoms with Gasteiger partial charge in [0.2, 0.25) is 5.91 Å². The van der Waals surface area contributed by atoms with Gasteiger partial charge in [-0.25, -0.2) is 4.79 Å². The maximum Gasteiger partial charge on any atom is 0.322 e. The Morgan fingerprint density at radius 3 is 2.43 bits per heavy atom. The van der Waals surface area contributed by atoms with E-state index < -0.39 is 18.0 Å². The third-order valence-corrected chi connectivity index (χ3v) is 4.40. The van der Waals surface area contributed by atoms with Gasteiger partial charge in [-0.1, -0.05) is 12.8 Å². The molecule has 1 aliphatic heterocycles. The van der Waals surface area contributed by atoms with Crippen LogP contribution in [0.1, 0.15) is 32.1 Å². The molecule has 0 aromatic heterocycles. The molecule has 21 heavy (non-hydrogen) atoms. The molecule has 2 rings (SSSR count). The van der Waals surface area contributed by atoms with Crippen molar-refractivity contribution in [1.82, 2.24) is 20.4 Å². The lowest BCUT2D eigenvalue weighted by atomic mass is 10.2. The van der Waals surface area contributed by atoms with E-state index in [-0.39, 0.29) is 12.3 Å². The minimum Gasteiger partial charge on any atom is -0.344 e. The number of carbonyl (C=O) groups is 3. The van der Waals surface area contributed by atoms with Crippen LogP contribution in [-0.4, -0.2) is 66.9 Å². The molecule has 0 bridgehead atoms.